The van der Waals surface area contributed by atoms with Crippen molar-refractivity contribution in [3.8, 4) is 5.88 Å². The molecule has 3 N–H and O–H groups in total. The number of pyridine rings is 1. The Bertz CT molecular complexity index is 1210. The highest BCUT2D eigenvalue weighted by atomic mass is 32.2. The van der Waals surface area contributed by atoms with Crippen LogP contribution in [0.25, 0.3) is 11.0 Å². The maximum Gasteiger partial charge on any atom is 0.301 e. The second kappa shape index (κ2) is 8.20. The van der Waals surface area contributed by atoms with Gasteiger partial charge in [0.2, 0.25) is 5.88 Å². The Kier molecular flexibility index (Phi) is 5.85. The highest BCUT2D eigenvalue weighted by Crippen LogP contribution is 2.28. The summed E-state index contributed by atoms with van der Waals surface area (Å²) in [5.74, 6) is -3.36. The van der Waals surface area contributed by atoms with E-state index in [0.29, 0.717) is 15.3 Å². The lowest BCUT2D eigenvalue weighted by atomic mass is 10.1. The molecule has 1 aromatic carbocycles. The zero-order chi connectivity index (χ0) is 22.1. The van der Waals surface area contributed by atoms with Gasteiger partial charge in [-0.25, -0.2) is 18.5 Å². The van der Waals surface area contributed by atoms with E-state index in [4.69, 9.17) is 4.74 Å². The van der Waals surface area contributed by atoms with Crippen molar-refractivity contribution in [3.63, 3.8) is 0 Å². The first kappa shape index (κ1) is 21.4. The first-order valence-electron chi connectivity index (χ1n) is 8.62. The lowest BCUT2D eigenvalue weighted by Gasteiger charge is -2.23. The van der Waals surface area contributed by atoms with Crippen LogP contribution in [0.5, 0.6) is 5.88 Å². The molecule has 3 rings (SSSR count). The number of carbonyl (C=O) groups excluding carboxylic acids is 1. The Labute approximate surface area is 170 Å². The third kappa shape index (κ3) is 3.76. The molecule has 0 radical (unpaired) electrons. The average Bonchev–Trinajstić information content (AvgIpc) is 3.12. The maximum atomic E-state index is 15.0. The van der Waals surface area contributed by atoms with Gasteiger partial charge in [0.25, 0.3) is 5.91 Å². The molecule has 1 amide bonds. The summed E-state index contributed by atoms with van der Waals surface area (Å²) in [5, 5.41) is 9.30. The molecule has 0 atom stereocenters. The maximum absolute atomic E-state index is 15.0. The van der Waals surface area contributed by atoms with Crippen molar-refractivity contribution in [3.05, 3.63) is 41.6 Å². The van der Waals surface area contributed by atoms with Gasteiger partial charge in [0, 0.05) is 13.6 Å². The molecule has 0 unspecified atom stereocenters. The van der Waals surface area contributed by atoms with Crippen molar-refractivity contribution < 1.29 is 26.7 Å². The van der Waals surface area contributed by atoms with Gasteiger partial charge in [-0.15, -0.1) is 5.10 Å². The van der Waals surface area contributed by atoms with Crippen LogP contribution in [0.15, 0.2) is 24.4 Å². The summed E-state index contributed by atoms with van der Waals surface area (Å²) in [7, 11) is -1.52. The number of fused-ring (bicyclic) bond motifs is 1. The first-order valence-corrected chi connectivity index (χ1v) is 10.1. The lowest BCUT2D eigenvalue weighted by Crippen LogP contribution is -2.39. The number of ether oxygens (including phenoxy) is 1. The summed E-state index contributed by atoms with van der Waals surface area (Å²) in [6.07, 6.45) is 1.27. The molecule has 0 aliphatic rings. The Morgan fingerprint density at radius 2 is 2.07 bits per heavy atom. The van der Waals surface area contributed by atoms with Crippen LogP contribution in [0.4, 0.5) is 20.2 Å². The van der Waals surface area contributed by atoms with Crippen molar-refractivity contribution in [2.24, 2.45) is 0 Å². The fourth-order valence-electron chi connectivity index (χ4n) is 2.82. The molecule has 0 saturated carbocycles. The zero-order valence-electron chi connectivity index (χ0n) is 16.2. The quantitative estimate of drug-likeness (QED) is 0.514. The van der Waals surface area contributed by atoms with Crippen LogP contribution in [-0.4, -0.2) is 50.2 Å². The van der Waals surface area contributed by atoms with Crippen LogP contribution in [-0.2, 0) is 10.2 Å². The molecule has 3 aromatic rings. The van der Waals surface area contributed by atoms with E-state index in [9.17, 15) is 17.6 Å². The predicted octanol–water partition coefficient (Wildman–Crippen LogP) is 1.79. The van der Waals surface area contributed by atoms with Gasteiger partial charge in [0.05, 0.1) is 30.1 Å². The summed E-state index contributed by atoms with van der Waals surface area (Å²) in [6.45, 7) is 1.32. The average molecular weight is 440 g/mol. The monoisotopic (exact) mass is 440 g/mol. The van der Waals surface area contributed by atoms with Gasteiger partial charge in [0.1, 0.15) is 11.4 Å². The number of hydrogen-bond acceptors (Lipinski definition) is 6. The number of methoxy groups -OCH3 is 1. The van der Waals surface area contributed by atoms with E-state index in [1.807, 2.05) is 0 Å². The summed E-state index contributed by atoms with van der Waals surface area (Å²) >= 11 is 0. The molecule has 0 fully saturated rings. The van der Waals surface area contributed by atoms with E-state index >= 15 is 4.39 Å². The SMILES string of the molecule is CCN(c1ccc(F)c(C(=O)Nc2cnc3[nH]nc(OC)c3c2)c1F)S(=O)(=O)NC. The minimum Gasteiger partial charge on any atom is -0.479 e. The van der Waals surface area contributed by atoms with E-state index < -0.39 is 39.0 Å². The van der Waals surface area contributed by atoms with Gasteiger partial charge in [-0.2, -0.15) is 8.42 Å². The predicted molar refractivity (Wildman–Crippen MR) is 106 cm³/mol. The van der Waals surface area contributed by atoms with Crippen LogP contribution < -0.4 is 19.1 Å². The highest BCUT2D eigenvalue weighted by Gasteiger charge is 2.28. The molecule has 0 bridgehead atoms. The Morgan fingerprint density at radius 1 is 1.33 bits per heavy atom. The highest BCUT2D eigenvalue weighted by molar-refractivity contribution is 7.90. The Hall–Kier alpha value is -3.32. The van der Waals surface area contributed by atoms with Gasteiger partial charge in [0.15, 0.2) is 11.5 Å². The van der Waals surface area contributed by atoms with E-state index in [0.717, 1.165) is 19.2 Å². The van der Waals surface area contributed by atoms with Gasteiger partial charge >= 0.3 is 10.2 Å². The van der Waals surface area contributed by atoms with Gasteiger partial charge in [-0.05, 0) is 25.1 Å². The number of rotatable bonds is 7. The molecular weight excluding hydrogens is 422 g/mol. The topological polar surface area (TPSA) is 129 Å². The molecule has 2 aromatic heterocycles. The van der Waals surface area contributed by atoms with Crippen molar-refractivity contribution in [1.29, 1.82) is 0 Å². The molecule has 0 spiro atoms. The third-order valence-corrected chi connectivity index (χ3v) is 5.79. The number of nitrogens with one attached hydrogen (secondary N) is 3. The number of amides is 1. The third-order valence-electron chi connectivity index (χ3n) is 4.23. The fraction of sp³-hybridized carbons (Fsp3) is 0.235. The zero-order valence-corrected chi connectivity index (χ0v) is 17.0. The van der Waals surface area contributed by atoms with E-state index in [1.165, 1.54) is 26.3 Å². The Balaban J connectivity index is 2.00. The summed E-state index contributed by atoms with van der Waals surface area (Å²) < 4.78 is 61.4. The number of hydrogen-bond donors (Lipinski definition) is 3. The van der Waals surface area contributed by atoms with Crippen LogP contribution in [0.3, 0.4) is 0 Å². The van der Waals surface area contributed by atoms with Crippen molar-refractivity contribution in [2.45, 2.75) is 6.92 Å². The smallest absolute Gasteiger partial charge is 0.301 e. The van der Waals surface area contributed by atoms with Gasteiger partial charge in [-0.1, -0.05) is 0 Å². The van der Waals surface area contributed by atoms with Crippen LogP contribution in [0, 0.1) is 11.6 Å². The standard InChI is InChI=1S/C17H18F2N6O4S/c1-4-25(30(27,28)20-2)12-6-5-11(18)13(14(12)19)16(26)22-9-7-10-15(21-8-9)23-24-17(10)29-3/h5-8,20H,4H2,1-3H3,(H,22,26)(H,21,23,24). The van der Waals surface area contributed by atoms with Crippen molar-refractivity contribution >= 4 is 38.5 Å². The molecule has 0 aliphatic carbocycles. The first-order chi connectivity index (χ1) is 14.2. The number of carbonyl (C=O) groups is 1. The molecule has 0 aliphatic heterocycles. The minimum absolute atomic E-state index is 0.131. The van der Waals surface area contributed by atoms with Gasteiger partial charge < -0.3 is 10.1 Å². The number of anilines is 2. The summed E-state index contributed by atoms with van der Waals surface area (Å²) in [6, 6.07) is 3.23. The Morgan fingerprint density at radius 3 is 2.70 bits per heavy atom. The number of benzene rings is 1. The van der Waals surface area contributed by atoms with Gasteiger partial charge in [-0.3, -0.25) is 14.2 Å². The normalized spacial score (nSPS) is 11.5. The molecular formula is C17H18F2N6O4S. The molecule has 13 heteroatoms. The molecule has 160 valence electrons. The summed E-state index contributed by atoms with van der Waals surface area (Å²) in [4.78, 5) is 16.7. The number of aromatic amines is 1. The largest absolute Gasteiger partial charge is 0.479 e. The second-order valence-corrected chi connectivity index (χ2v) is 7.74. The minimum atomic E-state index is -4.07. The number of H-pyrrole nitrogens is 1. The molecule has 2 heterocycles. The number of nitrogens with zero attached hydrogens (tertiary/aromatic N) is 3. The van der Waals surface area contributed by atoms with Crippen LogP contribution >= 0.6 is 0 Å². The lowest BCUT2D eigenvalue weighted by molar-refractivity contribution is 0.101. The number of aromatic nitrogens is 3. The van der Waals surface area contributed by atoms with Crippen LogP contribution in [0.1, 0.15) is 17.3 Å². The van der Waals surface area contributed by atoms with Crippen molar-refractivity contribution in [1.82, 2.24) is 19.9 Å². The molecule has 10 nitrogen and oxygen atoms in total. The van der Waals surface area contributed by atoms with Crippen LogP contribution in [0.2, 0.25) is 0 Å². The number of halogens is 2. The summed E-state index contributed by atoms with van der Waals surface area (Å²) in [5.41, 5.74) is -0.883. The van der Waals surface area contributed by atoms with E-state index in [2.05, 4.69) is 25.2 Å². The molecule has 30 heavy (non-hydrogen) atoms. The second-order valence-electron chi connectivity index (χ2n) is 5.94. The van der Waals surface area contributed by atoms with E-state index in [1.54, 1.807) is 0 Å². The van der Waals surface area contributed by atoms with Crippen molar-refractivity contribution in [2.75, 3.05) is 30.3 Å². The molecule has 0 saturated heterocycles. The van der Waals surface area contributed by atoms with E-state index in [-0.39, 0.29) is 18.1 Å². The fourth-order valence-corrected chi connectivity index (χ4v) is 3.78.